The second-order valence-corrected chi connectivity index (χ2v) is 5.04. The normalized spacial score (nSPS) is 12.6. The summed E-state index contributed by atoms with van der Waals surface area (Å²) in [7, 11) is 0. The molecule has 0 aliphatic heterocycles. The summed E-state index contributed by atoms with van der Waals surface area (Å²) in [5, 5.41) is 5.64. The number of rotatable bonds is 5. The Bertz CT molecular complexity index is 451. The van der Waals surface area contributed by atoms with Gasteiger partial charge in [-0.1, -0.05) is 29.8 Å². The van der Waals surface area contributed by atoms with Crippen molar-refractivity contribution < 1.29 is 0 Å². The lowest BCUT2D eigenvalue weighted by Gasteiger charge is -2.14. The fourth-order valence-electron chi connectivity index (χ4n) is 1.84. The molecule has 3 heteroatoms. The molecule has 1 aromatic heterocycles. The van der Waals surface area contributed by atoms with Crippen molar-refractivity contribution in [1.82, 2.24) is 10.3 Å². The van der Waals surface area contributed by atoms with Crippen molar-refractivity contribution in [3.05, 3.63) is 52.0 Å². The van der Waals surface area contributed by atoms with Crippen LogP contribution in [0.4, 0.5) is 0 Å². The third-order valence-corrected chi connectivity index (χ3v) is 3.49. The zero-order valence-electron chi connectivity index (χ0n) is 10.3. The second-order valence-electron chi connectivity index (χ2n) is 4.32. The summed E-state index contributed by atoms with van der Waals surface area (Å²) in [4.78, 5) is 4.28. The molecule has 2 aromatic rings. The molecule has 0 radical (unpaired) electrons. The average molecular weight is 246 g/mol. The maximum Gasteiger partial charge on any atom is 0.0794 e. The summed E-state index contributed by atoms with van der Waals surface area (Å²) in [5.74, 6) is 0. The van der Waals surface area contributed by atoms with Crippen LogP contribution in [0.2, 0.25) is 0 Å². The Labute approximate surface area is 107 Å². The van der Waals surface area contributed by atoms with Crippen LogP contribution in [-0.2, 0) is 6.42 Å². The first kappa shape index (κ1) is 12.3. The average Bonchev–Trinajstić information content (AvgIpc) is 2.82. The van der Waals surface area contributed by atoms with Gasteiger partial charge in [0.1, 0.15) is 0 Å². The minimum absolute atomic E-state index is 0.397. The summed E-state index contributed by atoms with van der Waals surface area (Å²) in [6, 6.07) is 9.05. The van der Waals surface area contributed by atoms with Gasteiger partial charge in [0.2, 0.25) is 0 Å². The number of hydrogen-bond acceptors (Lipinski definition) is 3. The van der Waals surface area contributed by atoms with Gasteiger partial charge in [-0.3, -0.25) is 0 Å². The molecule has 0 bridgehead atoms. The molecule has 0 amide bonds. The predicted octanol–water partition coefficient (Wildman–Crippen LogP) is 3.34. The Hall–Kier alpha value is -1.19. The SMILES string of the molecule is Cc1cccc(C(C)NCCc2cscn2)c1. The van der Waals surface area contributed by atoms with Gasteiger partial charge in [0.05, 0.1) is 11.2 Å². The molecule has 2 nitrogen and oxygen atoms in total. The zero-order valence-corrected chi connectivity index (χ0v) is 11.1. The molecule has 2 rings (SSSR count). The molecule has 1 unspecified atom stereocenters. The first-order valence-electron chi connectivity index (χ1n) is 5.93. The molecule has 90 valence electrons. The third kappa shape index (κ3) is 3.65. The standard InChI is InChI=1S/C14H18N2S/c1-11-4-3-5-13(8-11)12(2)15-7-6-14-9-17-10-16-14/h3-5,8-10,12,15H,6-7H2,1-2H3. The number of hydrogen-bond donors (Lipinski definition) is 1. The second kappa shape index (κ2) is 5.94. The highest BCUT2D eigenvalue weighted by molar-refractivity contribution is 7.07. The van der Waals surface area contributed by atoms with Crippen LogP contribution in [0.25, 0.3) is 0 Å². The van der Waals surface area contributed by atoms with E-state index in [1.807, 2.05) is 5.51 Å². The van der Waals surface area contributed by atoms with Crippen LogP contribution in [0.1, 0.15) is 29.8 Å². The van der Waals surface area contributed by atoms with E-state index < -0.39 is 0 Å². The largest absolute Gasteiger partial charge is 0.310 e. The van der Waals surface area contributed by atoms with E-state index in [0.717, 1.165) is 13.0 Å². The molecule has 0 aliphatic rings. The van der Waals surface area contributed by atoms with Crippen LogP contribution in [-0.4, -0.2) is 11.5 Å². The summed E-state index contributed by atoms with van der Waals surface area (Å²) in [5.41, 5.74) is 5.73. The smallest absolute Gasteiger partial charge is 0.0794 e. The first-order chi connectivity index (χ1) is 8.25. The molecular formula is C14H18N2S. The highest BCUT2D eigenvalue weighted by Crippen LogP contribution is 2.13. The van der Waals surface area contributed by atoms with Gasteiger partial charge in [-0.2, -0.15) is 0 Å². The topological polar surface area (TPSA) is 24.9 Å². The van der Waals surface area contributed by atoms with Gasteiger partial charge in [-0.15, -0.1) is 11.3 Å². The number of nitrogens with one attached hydrogen (secondary N) is 1. The molecule has 1 heterocycles. The zero-order chi connectivity index (χ0) is 12.1. The van der Waals surface area contributed by atoms with Crippen molar-refractivity contribution in [2.45, 2.75) is 26.3 Å². The van der Waals surface area contributed by atoms with Gasteiger partial charge in [0.25, 0.3) is 0 Å². The first-order valence-corrected chi connectivity index (χ1v) is 6.87. The summed E-state index contributed by atoms with van der Waals surface area (Å²) >= 11 is 1.66. The highest BCUT2D eigenvalue weighted by Gasteiger charge is 2.04. The number of aryl methyl sites for hydroxylation is 1. The van der Waals surface area contributed by atoms with Gasteiger partial charge in [-0.25, -0.2) is 4.98 Å². The van der Waals surface area contributed by atoms with Crippen LogP contribution >= 0.6 is 11.3 Å². The monoisotopic (exact) mass is 246 g/mol. The minimum atomic E-state index is 0.397. The van der Waals surface area contributed by atoms with Gasteiger partial charge < -0.3 is 5.32 Å². The fourth-order valence-corrected chi connectivity index (χ4v) is 2.43. The van der Waals surface area contributed by atoms with Crippen molar-refractivity contribution >= 4 is 11.3 Å². The van der Waals surface area contributed by atoms with E-state index in [1.54, 1.807) is 11.3 Å². The summed E-state index contributed by atoms with van der Waals surface area (Å²) < 4.78 is 0. The van der Waals surface area contributed by atoms with Gasteiger partial charge in [-0.05, 0) is 19.4 Å². The van der Waals surface area contributed by atoms with E-state index in [0.29, 0.717) is 6.04 Å². The van der Waals surface area contributed by atoms with E-state index in [9.17, 15) is 0 Å². The van der Waals surface area contributed by atoms with Crippen molar-refractivity contribution in [3.8, 4) is 0 Å². The number of thiazole rings is 1. The van der Waals surface area contributed by atoms with E-state index in [1.165, 1.54) is 16.8 Å². The van der Waals surface area contributed by atoms with Crippen LogP contribution in [0.3, 0.4) is 0 Å². The Morgan fingerprint density at radius 2 is 2.29 bits per heavy atom. The molecule has 1 N–H and O–H groups in total. The number of benzene rings is 1. The molecule has 0 aliphatic carbocycles. The lowest BCUT2D eigenvalue weighted by atomic mass is 10.1. The van der Waals surface area contributed by atoms with Gasteiger partial charge in [0, 0.05) is 24.4 Å². The van der Waals surface area contributed by atoms with Crippen molar-refractivity contribution in [1.29, 1.82) is 0 Å². The molecule has 17 heavy (non-hydrogen) atoms. The third-order valence-electron chi connectivity index (χ3n) is 2.86. The molecule has 0 spiro atoms. The van der Waals surface area contributed by atoms with Crippen LogP contribution < -0.4 is 5.32 Å². The van der Waals surface area contributed by atoms with Crippen molar-refractivity contribution in [3.63, 3.8) is 0 Å². The Morgan fingerprint density at radius 1 is 1.41 bits per heavy atom. The van der Waals surface area contributed by atoms with Crippen molar-refractivity contribution in [2.24, 2.45) is 0 Å². The van der Waals surface area contributed by atoms with E-state index >= 15 is 0 Å². The van der Waals surface area contributed by atoms with Crippen LogP contribution in [0.15, 0.2) is 35.2 Å². The van der Waals surface area contributed by atoms with E-state index in [-0.39, 0.29) is 0 Å². The number of aromatic nitrogens is 1. The Morgan fingerprint density at radius 3 is 3.00 bits per heavy atom. The lowest BCUT2D eigenvalue weighted by molar-refractivity contribution is 0.574. The molecular weight excluding hydrogens is 228 g/mol. The van der Waals surface area contributed by atoms with E-state index in [2.05, 4.69) is 53.8 Å². The van der Waals surface area contributed by atoms with Crippen molar-refractivity contribution in [2.75, 3.05) is 6.54 Å². The molecule has 0 saturated heterocycles. The molecule has 1 aromatic carbocycles. The molecule has 1 atom stereocenters. The predicted molar refractivity (Wildman–Crippen MR) is 73.4 cm³/mol. The summed E-state index contributed by atoms with van der Waals surface area (Å²) in [6.07, 6.45) is 1.000. The van der Waals surface area contributed by atoms with Crippen LogP contribution in [0.5, 0.6) is 0 Å². The minimum Gasteiger partial charge on any atom is -0.310 e. The van der Waals surface area contributed by atoms with Gasteiger partial charge >= 0.3 is 0 Å². The summed E-state index contributed by atoms with van der Waals surface area (Å²) in [6.45, 7) is 5.31. The maximum atomic E-state index is 4.28. The highest BCUT2D eigenvalue weighted by atomic mass is 32.1. The Balaban J connectivity index is 1.83. The quantitative estimate of drug-likeness (QED) is 0.875. The number of nitrogens with zero attached hydrogens (tertiary/aromatic N) is 1. The Kier molecular flexibility index (Phi) is 4.29. The molecule has 0 saturated carbocycles. The molecule has 0 fully saturated rings. The van der Waals surface area contributed by atoms with Gasteiger partial charge in [0.15, 0.2) is 0 Å². The van der Waals surface area contributed by atoms with Crippen LogP contribution in [0, 0.1) is 6.92 Å². The fraction of sp³-hybridized carbons (Fsp3) is 0.357. The lowest BCUT2D eigenvalue weighted by Crippen LogP contribution is -2.21. The maximum absolute atomic E-state index is 4.28. The van der Waals surface area contributed by atoms with E-state index in [4.69, 9.17) is 0 Å².